The van der Waals surface area contributed by atoms with Crippen molar-refractivity contribution in [2.75, 3.05) is 27.9 Å². The van der Waals surface area contributed by atoms with Gasteiger partial charge in [0.25, 0.3) is 5.91 Å². The van der Waals surface area contributed by atoms with Crippen molar-refractivity contribution in [3.8, 4) is 17.2 Å². The van der Waals surface area contributed by atoms with Crippen LogP contribution < -0.4 is 19.5 Å². The second-order valence-electron chi connectivity index (χ2n) is 5.67. The van der Waals surface area contributed by atoms with Crippen molar-refractivity contribution in [1.82, 2.24) is 15.3 Å². The summed E-state index contributed by atoms with van der Waals surface area (Å²) in [5.74, 6) is 1.61. The fraction of sp³-hybridized carbons (Fsp3) is 0.263. The number of methoxy groups -OCH3 is 3. The lowest BCUT2D eigenvalue weighted by Crippen LogP contribution is -2.25. The van der Waals surface area contributed by atoms with E-state index >= 15 is 0 Å². The molecule has 26 heavy (non-hydrogen) atoms. The molecule has 0 radical (unpaired) electrons. The number of aromatic nitrogens is 2. The zero-order valence-electron chi connectivity index (χ0n) is 15.0. The average Bonchev–Trinajstić information content (AvgIpc) is 3.14. The van der Waals surface area contributed by atoms with Crippen LogP contribution in [0.3, 0.4) is 0 Å². The molecule has 0 unspecified atom stereocenters. The maximum absolute atomic E-state index is 12.3. The molecule has 2 N–H and O–H groups in total. The van der Waals surface area contributed by atoms with Gasteiger partial charge in [-0.15, -0.1) is 0 Å². The molecular weight excluding hydrogens is 334 g/mol. The van der Waals surface area contributed by atoms with Crippen LogP contribution >= 0.6 is 0 Å². The Morgan fingerprint density at radius 1 is 1.08 bits per heavy atom. The third kappa shape index (κ3) is 3.56. The van der Waals surface area contributed by atoms with Gasteiger partial charge in [-0.05, 0) is 42.3 Å². The molecule has 7 nitrogen and oxygen atoms in total. The number of imidazole rings is 1. The Balaban J connectivity index is 1.66. The molecule has 1 heterocycles. The minimum atomic E-state index is -0.131. The van der Waals surface area contributed by atoms with Gasteiger partial charge in [-0.1, -0.05) is 0 Å². The van der Waals surface area contributed by atoms with Gasteiger partial charge < -0.3 is 24.5 Å². The van der Waals surface area contributed by atoms with Crippen molar-refractivity contribution < 1.29 is 19.0 Å². The van der Waals surface area contributed by atoms with E-state index in [1.165, 1.54) is 0 Å². The first-order valence-corrected chi connectivity index (χ1v) is 8.16. The Morgan fingerprint density at radius 3 is 2.46 bits per heavy atom. The van der Waals surface area contributed by atoms with Crippen LogP contribution in [0.4, 0.5) is 0 Å². The lowest BCUT2D eigenvalue weighted by Gasteiger charge is -2.14. The molecule has 1 amide bonds. The number of hydrogen-bond acceptors (Lipinski definition) is 5. The summed E-state index contributed by atoms with van der Waals surface area (Å²) in [6.45, 7) is 0.485. The Morgan fingerprint density at radius 2 is 1.81 bits per heavy atom. The number of nitrogens with one attached hydrogen (secondary N) is 2. The number of carbonyl (C=O) groups excluding carboxylic acids is 1. The van der Waals surface area contributed by atoms with E-state index in [2.05, 4.69) is 15.3 Å². The molecule has 1 aromatic heterocycles. The zero-order valence-corrected chi connectivity index (χ0v) is 15.0. The summed E-state index contributed by atoms with van der Waals surface area (Å²) in [4.78, 5) is 19.5. The van der Waals surface area contributed by atoms with Crippen LogP contribution in [0, 0.1) is 0 Å². The number of H-pyrrole nitrogens is 1. The fourth-order valence-electron chi connectivity index (χ4n) is 2.78. The molecule has 3 aromatic rings. The molecule has 0 saturated carbocycles. The third-order valence-corrected chi connectivity index (χ3v) is 4.11. The molecule has 3 rings (SSSR count). The summed E-state index contributed by atoms with van der Waals surface area (Å²) in [7, 11) is 4.72. The number of ether oxygens (including phenoxy) is 3. The molecule has 0 aliphatic rings. The van der Waals surface area contributed by atoms with Gasteiger partial charge in [-0.25, -0.2) is 4.98 Å². The predicted molar refractivity (Wildman–Crippen MR) is 98.2 cm³/mol. The van der Waals surface area contributed by atoms with Crippen LogP contribution in [0.2, 0.25) is 0 Å². The van der Waals surface area contributed by atoms with Crippen LogP contribution in [-0.2, 0) is 6.42 Å². The van der Waals surface area contributed by atoms with Gasteiger partial charge in [-0.2, -0.15) is 0 Å². The standard InChI is InChI=1S/C19H21N3O4/c1-24-16-8-12(9-17(25-2)18(16)26-3)6-7-20-19(23)13-4-5-14-15(10-13)22-11-21-14/h4-5,8-11H,6-7H2,1-3H3,(H,20,23)(H,21,22). The van der Waals surface area contributed by atoms with E-state index in [0.717, 1.165) is 16.6 Å². The number of nitrogens with zero attached hydrogens (tertiary/aromatic N) is 1. The highest BCUT2D eigenvalue weighted by Gasteiger charge is 2.13. The van der Waals surface area contributed by atoms with E-state index < -0.39 is 0 Å². The van der Waals surface area contributed by atoms with Crippen LogP contribution in [0.5, 0.6) is 17.2 Å². The Labute approximate surface area is 151 Å². The summed E-state index contributed by atoms with van der Waals surface area (Å²) >= 11 is 0. The van der Waals surface area contributed by atoms with Crippen LogP contribution in [0.15, 0.2) is 36.7 Å². The lowest BCUT2D eigenvalue weighted by atomic mass is 10.1. The van der Waals surface area contributed by atoms with E-state index in [9.17, 15) is 4.79 Å². The highest BCUT2D eigenvalue weighted by Crippen LogP contribution is 2.38. The summed E-state index contributed by atoms with van der Waals surface area (Å²) in [6.07, 6.45) is 2.24. The molecule has 0 aliphatic carbocycles. The first-order valence-electron chi connectivity index (χ1n) is 8.16. The molecule has 0 atom stereocenters. The van der Waals surface area contributed by atoms with Crippen molar-refractivity contribution >= 4 is 16.9 Å². The number of rotatable bonds is 7. The second kappa shape index (κ2) is 7.77. The van der Waals surface area contributed by atoms with Gasteiger partial charge in [0, 0.05) is 12.1 Å². The number of hydrogen-bond donors (Lipinski definition) is 2. The van der Waals surface area contributed by atoms with Gasteiger partial charge >= 0.3 is 0 Å². The molecule has 136 valence electrons. The monoisotopic (exact) mass is 355 g/mol. The van der Waals surface area contributed by atoms with Crippen molar-refractivity contribution in [3.05, 3.63) is 47.8 Å². The molecule has 0 spiro atoms. The van der Waals surface area contributed by atoms with Crippen molar-refractivity contribution in [1.29, 1.82) is 0 Å². The number of fused-ring (bicyclic) bond motifs is 1. The van der Waals surface area contributed by atoms with E-state index in [4.69, 9.17) is 14.2 Å². The zero-order chi connectivity index (χ0) is 18.5. The Kier molecular flexibility index (Phi) is 5.26. The predicted octanol–water partition coefficient (Wildman–Crippen LogP) is 2.56. The minimum absolute atomic E-state index is 0.131. The summed E-state index contributed by atoms with van der Waals surface area (Å²) in [6, 6.07) is 9.13. The average molecular weight is 355 g/mol. The molecule has 0 fully saturated rings. The Hall–Kier alpha value is -3.22. The molecule has 0 aliphatic heterocycles. The summed E-state index contributed by atoms with van der Waals surface area (Å²) < 4.78 is 16.0. The quantitative estimate of drug-likeness (QED) is 0.680. The first kappa shape index (κ1) is 17.6. The lowest BCUT2D eigenvalue weighted by molar-refractivity contribution is 0.0954. The van der Waals surface area contributed by atoms with Crippen molar-refractivity contribution in [3.63, 3.8) is 0 Å². The molecule has 2 aromatic carbocycles. The molecular formula is C19H21N3O4. The van der Waals surface area contributed by atoms with Crippen LogP contribution in [0.25, 0.3) is 11.0 Å². The highest BCUT2D eigenvalue weighted by molar-refractivity contribution is 5.97. The maximum atomic E-state index is 12.3. The fourth-order valence-corrected chi connectivity index (χ4v) is 2.78. The summed E-state index contributed by atoms with van der Waals surface area (Å²) in [5, 5.41) is 2.92. The smallest absolute Gasteiger partial charge is 0.251 e. The van der Waals surface area contributed by atoms with E-state index in [0.29, 0.717) is 35.8 Å². The van der Waals surface area contributed by atoms with Gasteiger partial charge in [0.15, 0.2) is 11.5 Å². The highest BCUT2D eigenvalue weighted by atomic mass is 16.5. The molecule has 7 heteroatoms. The van der Waals surface area contributed by atoms with Crippen molar-refractivity contribution in [2.24, 2.45) is 0 Å². The van der Waals surface area contributed by atoms with Crippen molar-refractivity contribution in [2.45, 2.75) is 6.42 Å². The van der Waals surface area contributed by atoms with Gasteiger partial charge in [0.05, 0.1) is 38.7 Å². The number of carbonyl (C=O) groups is 1. The largest absolute Gasteiger partial charge is 0.493 e. The number of aromatic amines is 1. The van der Waals surface area contributed by atoms with E-state index in [-0.39, 0.29) is 5.91 Å². The van der Waals surface area contributed by atoms with Gasteiger partial charge in [0.2, 0.25) is 5.75 Å². The van der Waals surface area contributed by atoms with E-state index in [1.807, 2.05) is 18.2 Å². The van der Waals surface area contributed by atoms with Gasteiger partial charge in [0.1, 0.15) is 0 Å². The minimum Gasteiger partial charge on any atom is -0.493 e. The number of benzene rings is 2. The third-order valence-electron chi connectivity index (χ3n) is 4.11. The van der Waals surface area contributed by atoms with E-state index in [1.54, 1.807) is 39.8 Å². The van der Waals surface area contributed by atoms with Crippen LogP contribution in [0.1, 0.15) is 15.9 Å². The Bertz CT molecular complexity index is 895. The normalized spacial score (nSPS) is 10.6. The maximum Gasteiger partial charge on any atom is 0.251 e. The number of amides is 1. The van der Waals surface area contributed by atoms with Crippen LogP contribution in [-0.4, -0.2) is 43.7 Å². The first-order chi connectivity index (χ1) is 12.7. The topological polar surface area (TPSA) is 85.5 Å². The summed E-state index contributed by atoms with van der Waals surface area (Å²) in [5.41, 5.74) is 3.23. The molecule has 0 saturated heterocycles. The second-order valence-corrected chi connectivity index (χ2v) is 5.67. The molecule has 0 bridgehead atoms. The SMILES string of the molecule is COc1cc(CCNC(=O)c2ccc3nc[nH]c3c2)cc(OC)c1OC. The van der Waals surface area contributed by atoms with Gasteiger partial charge in [-0.3, -0.25) is 4.79 Å².